The van der Waals surface area contributed by atoms with Crippen LogP contribution in [0.3, 0.4) is 0 Å². The van der Waals surface area contributed by atoms with Gasteiger partial charge in [0.1, 0.15) is 11.6 Å². The van der Waals surface area contributed by atoms with Gasteiger partial charge < -0.3 is 14.2 Å². The van der Waals surface area contributed by atoms with Crippen molar-refractivity contribution >= 4 is 23.4 Å². The number of piperazine rings is 1. The van der Waals surface area contributed by atoms with Gasteiger partial charge in [-0.15, -0.1) is 10.2 Å². The molecule has 5 aromatic rings. The van der Waals surface area contributed by atoms with Crippen molar-refractivity contribution < 1.29 is 18.0 Å². The molecule has 7 nitrogen and oxygen atoms in total. The molecule has 0 aliphatic carbocycles. The van der Waals surface area contributed by atoms with Gasteiger partial charge in [-0.25, -0.2) is 8.78 Å². The van der Waals surface area contributed by atoms with Crippen LogP contribution in [0, 0.1) is 11.6 Å². The maximum atomic E-state index is 14.7. The normalized spacial score (nSPS) is 13.6. The van der Waals surface area contributed by atoms with Crippen molar-refractivity contribution in [2.75, 3.05) is 31.1 Å². The highest BCUT2D eigenvalue weighted by atomic mass is 32.2. The lowest BCUT2D eigenvalue weighted by molar-refractivity contribution is 0.0746. The zero-order chi connectivity index (χ0) is 27.5. The molecule has 2 aromatic heterocycles. The molecule has 1 aliphatic rings. The minimum absolute atomic E-state index is 0.0465. The first-order chi connectivity index (χ1) is 19.6. The second-order valence-electron chi connectivity index (χ2n) is 9.29. The molecule has 40 heavy (non-hydrogen) atoms. The summed E-state index contributed by atoms with van der Waals surface area (Å²) in [6.45, 7) is 2.19. The molecule has 3 aromatic carbocycles. The number of anilines is 1. The van der Waals surface area contributed by atoms with Crippen LogP contribution >= 0.6 is 11.8 Å². The van der Waals surface area contributed by atoms with E-state index in [1.54, 1.807) is 51.9 Å². The highest BCUT2D eigenvalue weighted by Gasteiger charge is 2.24. The van der Waals surface area contributed by atoms with Gasteiger partial charge in [0.15, 0.2) is 10.9 Å². The molecule has 10 heteroatoms. The maximum Gasteiger partial charge on any atom is 0.253 e. The fourth-order valence-corrected chi connectivity index (χ4v) is 5.61. The number of thioether (sulfide) groups is 1. The van der Waals surface area contributed by atoms with E-state index in [1.807, 2.05) is 35.2 Å². The van der Waals surface area contributed by atoms with Crippen LogP contribution < -0.4 is 4.90 Å². The van der Waals surface area contributed by atoms with Gasteiger partial charge in [0.05, 0.1) is 17.6 Å². The standard InChI is InChI=1S/C30H25F2N5O2S/c31-23-6-1-3-8-25(23)35-15-17-36(18-16-35)29(38)22-13-11-21(12-14-22)20-40-30-34-33-28(27-10-5-19-39-27)37(30)26-9-4-2-7-24(26)32/h1-14,19H,15-18,20H2. The van der Waals surface area contributed by atoms with E-state index >= 15 is 0 Å². The van der Waals surface area contributed by atoms with E-state index in [0.717, 1.165) is 5.56 Å². The average Bonchev–Trinajstić information content (AvgIpc) is 3.67. The second kappa shape index (κ2) is 11.4. The highest BCUT2D eigenvalue weighted by Crippen LogP contribution is 2.31. The predicted octanol–water partition coefficient (Wildman–Crippen LogP) is 6.06. The van der Waals surface area contributed by atoms with Gasteiger partial charge in [0, 0.05) is 37.5 Å². The lowest BCUT2D eigenvalue weighted by Crippen LogP contribution is -2.49. The summed E-state index contributed by atoms with van der Waals surface area (Å²) in [5, 5.41) is 9.09. The average molecular weight is 558 g/mol. The van der Waals surface area contributed by atoms with Crippen LogP contribution in [-0.4, -0.2) is 51.8 Å². The quantitative estimate of drug-likeness (QED) is 0.227. The number of amides is 1. The van der Waals surface area contributed by atoms with E-state index in [-0.39, 0.29) is 11.7 Å². The Morgan fingerprint density at radius 2 is 1.48 bits per heavy atom. The monoisotopic (exact) mass is 557 g/mol. The summed E-state index contributed by atoms with van der Waals surface area (Å²) in [7, 11) is 0. The van der Waals surface area contributed by atoms with Crippen molar-refractivity contribution in [1.82, 2.24) is 19.7 Å². The number of hydrogen-bond donors (Lipinski definition) is 0. The molecule has 0 N–H and O–H groups in total. The number of halogens is 2. The first kappa shape index (κ1) is 25.8. The maximum absolute atomic E-state index is 14.7. The van der Waals surface area contributed by atoms with E-state index in [1.165, 1.54) is 30.2 Å². The fourth-order valence-electron chi connectivity index (χ4n) is 4.71. The van der Waals surface area contributed by atoms with Gasteiger partial charge in [-0.3, -0.25) is 9.36 Å². The largest absolute Gasteiger partial charge is 0.461 e. The molecular formula is C30H25F2N5O2S. The molecule has 0 spiro atoms. The molecule has 0 unspecified atom stereocenters. The highest BCUT2D eigenvalue weighted by molar-refractivity contribution is 7.98. The SMILES string of the molecule is O=C(c1ccc(CSc2nnc(-c3ccco3)n2-c2ccccc2F)cc1)N1CCN(c2ccccc2F)CC1. The smallest absolute Gasteiger partial charge is 0.253 e. The number of para-hydroxylation sites is 2. The van der Waals surface area contributed by atoms with Crippen LogP contribution in [0.4, 0.5) is 14.5 Å². The Balaban J connectivity index is 1.12. The molecular weight excluding hydrogens is 532 g/mol. The number of aromatic nitrogens is 3. The van der Waals surface area contributed by atoms with Crippen LogP contribution in [0.15, 0.2) is 101 Å². The van der Waals surface area contributed by atoms with Crippen LogP contribution in [0.5, 0.6) is 0 Å². The third-order valence-electron chi connectivity index (χ3n) is 6.80. The molecule has 1 fully saturated rings. The summed E-state index contributed by atoms with van der Waals surface area (Å²) in [6, 6.07) is 24.1. The van der Waals surface area contributed by atoms with Gasteiger partial charge in [0.2, 0.25) is 5.82 Å². The number of hydrogen-bond acceptors (Lipinski definition) is 6. The summed E-state index contributed by atoms with van der Waals surface area (Å²) in [5.41, 5.74) is 2.48. The van der Waals surface area contributed by atoms with Gasteiger partial charge in [0.25, 0.3) is 5.91 Å². The van der Waals surface area contributed by atoms with E-state index in [0.29, 0.717) is 65.6 Å². The molecule has 6 rings (SSSR count). The number of furan rings is 1. The Labute approximate surface area is 234 Å². The number of carbonyl (C=O) groups is 1. The van der Waals surface area contributed by atoms with Gasteiger partial charge in [-0.2, -0.15) is 0 Å². The molecule has 0 bridgehead atoms. The summed E-state index contributed by atoms with van der Waals surface area (Å²) >= 11 is 1.41. The molecule has 3 heterocycles. The summed E-state index contributed by atoms with van der Waals surface area (Å²) < 4.78 is 36.0. The zero-order valence-corrected chi connectivity index (χ0v) is 22.2. The van der Waals surface area contributed by atoms with Crippen LogP contribution in [-0.2, 0) is 5.75 Å². The van der Waals surface area contributed by atoms with E-state index in [4.69, 9.17) is 4.42 Å². The van der Waals surface area contributed by atoms with Crippen molar-refractivity contribution in [3.63, 3.8) is 0 Å². The van der Waals surface area contributed by atoms with Crippen LogP contribution in [0.25, 0.3) is 17.3 Å². The minimum atomic E-state index is -0.394. The molecule has 202 valence electrons. The summed E-state index contributed by atoms with van der Waals surface area (Å²) in [4.78, 5) is 16.9. The van der Waals surface area contributed by atoms with E-state index in [9.17, 15) is 13.6 Å². The molecule has 0 atom stereocenters. The Hall–Kier alpha value is -4.44. The minimum Gasteiger partial charge on any atom is -0.461 e. The number of carbonyl (C=O) groups excluding carboxylic acids is 1. The van der Waals surface area contributed by atoms with Crippen molar-refractivity contribution in [3.05, 3.63) is 114 Å². The van der Waals surface area contributed by atoms with Crippen molar-refractivity contribution in [2.45, 2.75) is 10.9 Å². The molecule has 1 saturated heterocycles. The Kier molecular flexibility index (Phi) is 7.33. The molecule has 1 amide bonds. The molecule has 0 saturated carbocycles. The third kappa shape index (κ3) is 5.22. The first-order valence-corrected chi connectivity index (χ1v) is 13.8. The lowest BCUT2D eigenvalue weighted by Gasteiger charge is -2.36. The summed E-state index contributed by atoms with van der Waals surface area (Å²) in [5.74, 6) is 0.749. The third-order valence-corrected chi connectivity index (χ3v) is 7.80. The van der Waals surface area contributed by atoms with E-state index in [2.05, 4.69) is 10.2 Å². The fraction of sp³-hybridized carbons (Fsp3) is 0.167. The zero-order valence-electron chi connectivity index (χ0n) is 21.4. The number of nitrogens with zero attached hydrogens (tertiary/aromatic N) is 5. The summed E-state index contributed by atoms with van der Waals surface area (Å²) in [6.07, 6.45) is 1.54. The number of rotatable bonds is 7. The van der Waals surface area contributed by atoms with Crippen LogP contribution in [0.1, 0.15) is 15.9 Å². The topological polar surface area (TPSA) is 67.4 Å². The van der Waals surface area contributed by atoms with Crippen LogP contribution in [0.2, 0.25) is 0 Å². The van der Waals surface area contributed by atoms with Gasteiger partial charge in [-0.1, -0.05) is 48.2 Å². The Morgan fingerprint density at radius 3 is 2.12 bits per heavy atom. The van der Waals surface area contributed by atoms with Crippen molar-refractivity contribution in [3.8, 4) is 17.3 Å². The molecule has 0 radical (unpaired) electrons. The molecule has 1 aliphatic heterocycles. The number of benzene rings is 3. The van der Waals surface area contributed by atoms with Crippen molar-refractivity contribution in [2.24, 2.45) is 0 Å². The van der Waals surface area contributed by atoms with Crippen molar-refractivity contribution in [1.29, 1.82) is 0 Å². The van der Waals surface area contributed by atoms with E-state index < -0.39 is 5.82 Å². The Morgan fingerprint density at radius 1 is 0.800 bits per heavy atom. The Bertz CT molecular complexity index is 1610. The van der Waals surface area contributed by atoms with Gasteiger partial charge >= 0.3 is 0 Å². The second-order valence-corrected chi connectivity index (χ2v) is 10.2. The lowest BCUT2D eigenvalue weighted by atomic mass is 10.1. The predicted molar refractivity (Wildman–Crippen MR) is 150 cm³/mol. The first-order valence-electron chi connectivity index (χ1n) is 12.8. The van der Waals surface area contributed by atoms with Gasteiger partial charge in [-0.05, 0) is 54.1 Å².